The van der Waals surface area contributed by atoms with Crippen molar-refractivity contribution in [2.45, 2.75) is 0 Å². The number of hydrogen-bond donors (Lipinski definition) is 0. The van der Waals surface area contributed by atoms with Gasteiger partial charge in [0.15, 0.2) is 0 Å². The van der Waals surface area contributed by atoms with E-state index in [0.29, 0.717) is 0 Å². The molecule has 0 saturated heterocycles. The van der Waals surface area contributed by atoms with Gasteiger partial charge in [-0.1, -0.05) is 146 Å². The second-order valence-corrected chi connectivity index (χ2v) is 12.5. The van der Waals surface area contributed by atoms with Crippen molar-refractivity contribution in [1.29, 1.82) is 0 Å². The number of hydrogen-bond acceptors (Lipinski definition) is 0. The third-order valence-electron chi connectivity index (χ3n) is 9.97. The lowest BCUT2D eigenvalue weighted by molar-refractivity contribution is 1.62. The molecule has 0 atom stereocenters. The Labute approximate surface area is 267 Å². The first-order valence-electron chi connectivity index (χ1n) is 16.0. The van der Waals surface area contributed by atoms with Crippen LogP contribution in [0.5, 0.6) is 0 Å². The van der Waals surface area contributed by atoms with Crippen LogP contribution in [-0.2, 0) is 0 Å². The Bertz CT molecular complexity index is 2660. The summed E-state index contributed by atoms with van der Waals surface area (Å²) in [7, 11) is 0. The molecule has 46 heavy (non-hydrogen) atoms. The molecule has 0 aliphatic heterocycles. The Morgan fingerprint density at radius 2 is 0.761 bits per heavy atom. The molecule has 0 saturated carbocycles. The molecule has 0 heteroatoms. The summed E-state index contributed by atoms with van der Waals surface area (Å²) in [6, 6.07) is 62.8. The van der Waals surface area contributed by atoms with E-state index in [1.807, 2.05) is 0 Å². The van der Waals surface area contributed by atoms with Crippen LogP contribution in [0.4, 0.5) is 0 Å². The highest BCUT2D eigenvalue weighted by molar-refractivity contribution is 6.19. The standard InChI is InChI=1S/C46H28/c1-2-12-36-34(9-1)28-45(41-16-6-3-13-38(36)41)35-22-21-31-25-30(19-20-32(31)27-35)29-10-7-11-33(26-29)37-23-24-44-40-15-5-4-14-39(40)43-18-8-17-42(37)46(43)44/h1-28H. The van der Waals surface area contributed by atoms with Crippen molar-refractivity contribution in [3.8, 4) is 55.6 Å². The Hall–Kier alpha value is -5.98. The molecule has 0 bridgehead atoms. The summed E-state index contributed by atoms with van der Waals surface area (Å²) in [6.45, 7) is 0. The number of benzene rings is 9. The van der Waals surface area contributed by atoms with Crippen molar-refractivity contribution < 1.29 is 0 Å². The van der Waals surface area contributed by atoms with Crippen LogP contribution in [0.2, 0.25) is 0 Å². The first kappa shape index (κ1) is 25.4. The van der Waals surface area contributed by atoms with Crippen molar-refractivity contribution in [3.05, 3.63) is 170 Å². The summed E-state index contributed by atoms with van der Waals surface area (Å²) in [5.41, 5.74) is 12.9. The quantitative estimate of drug-likeness (QED) is 0.182. The van der Waals surface area contributed by atoms with Gasteiger partial charge in [0.2, 0.25) is 0 Å². The molecule has 9 aromatic carbocycles. The number of fused-ring (bicyclic) bond motifs is 7. The van der Waals surface area contributed by atoms with Gasteiger partial charge in [-0.3, -0.25) is 0 Å². The summed E-state index contributed by atoms with van der Waals surface area (Å²) >= 11 is 0. The van der Waals surface area contributed by atoms with Crippen LogP contribution in [0, 0.1) is 0 Å². The highest BCUT2D eigenvalue weighted by Gasteiger charge is 2.22. The maximum atomic E-state index is 2.35. The van der Waals surface area contributed by atoms with Crippen LogP contribution in [0.3, 0.4) is 0 Å². The van der Waals surface area contributed by atoms with Gasteiger partial charge in [-0.25, -0.2) is 0 Å². The molecule has 0 heterocycles. The van der Waals surface area contributed by atoms with Gasteiger partial charge < -0.3 is 0 Å². The van der Waals surface area contributed by atoms with Crippen LogP contribution < -0.4 is 0 Å². The summed E-state index contributed by atoms with van der Waals surface area (Å²) in [5, 5.41) is 10.4. The summed E-state index contributed by atoms with van der Waals surface area (Å²) in [6.07, 6.45) is 0. The minimum Gasteiger partial charge on any atom is -0.0616 e. The van der Waals surface area contributed by atoms with Crippen molar-refractivity contribution in [1.82, 2.24) is 0 Å². The summed E-state index contributed by atoms with van der Waals surface area (Å²) < 4.78 is 0. The molecule has 1 aliphatic carbocycles. The molecule has 0 unspecified atom stereocenters. The molecule has 0 nitrogen and oxygen atoms in total. The number of rotatable bonds is 3. The average molecular weight is 581 g/mol. The SMILES string of the molecule is c1cc(-c2ccc3cc(-c4cc5ccccc5c5ccccc45)ccc3c2)cc(-c2ccc3c4c(cccc24)-c2ccccc2-3)c1. The second kappa shape index (κ2) is 9.76. The second-order valence-electron chi connectivity index (χ2n) is 12.5. The fourth-order valence-electron chi connectivity index (χ4n) is 7.81. The van der Waals surface area contributed by atoms with Gasteiger partial charge in [0.25, 0.3) is 0 Å². The molecule has 0 spiro atoms. The third-order valence-corrected chi connectivity index (χ3v) is 9.97. The lowest BCUT2D eigenvalue weighted by Gasteiger charge is -2.13. The van der Waals surface area contributed by atoms with E-state index in [9.17, 15) is 0 Å². The van der Waals surface area contributed by atoms with Crippen molar-refractivity contribution >= 4 is 43.1 Å². The third kappa shape index (κ3) is 3.74. The largest absolute Gasteiger partial charge is 0.0616 e. The maximum Gasteiger partial charge on any atom is -0.00201 e. The topological polar surface area (TPSA) is 0 Å². The first-order chi connectivity index (χ1) is 22.8. The summed E-state index contributed by atoms with van der Waals surface area (Å²) in [5.74, 6) is 0. The Morgan fingerprint density at radius 3 is 1.61 bits per heavy atom. The van der Waals surface area contributed by atoms with Gasteiger partial charge in [0.05, 0.1) is 0 Å². The minimum atomic E-state index is 1.23. The Kier molecular flexibility index (Phi) is 5.38. The van der Waals surface area contributed by atoms with E-state index in [1.54, 1.807) is 0 Å². The predicted octanol–water partition coefficient (Wildman–Crippen LogP) is 12.9. The fourth-order valence-corrected chi connectivity index (χ4v) is 7.81. The van der Waals surface area contributed by atoms with Gasteiger partial charge in [-0.15, -0.1) is 0 Å². The van der Waals surface area contributed by atoms with Crippen LogP contribution in [0.1, 0.15) is 0 Å². The maximum absolute atomic E-state index is 2.35. The van der Waals surface area contributed by atoms with E-state index in [2.05, 4.69) is 170 Å². The predicted molar refractivity (Wildman–Crippen MR) is 197 cm³/mol. The summed E-state index contributed by atoms with van der Waals surface area (Å²) in [4.78, 5) is 0. The van der Waals surface area contributed by atoms with E-state index in [4.69, 9.17) is 0 Å². The van der Waals surface area contributed by atoms with Gasteiger partial charge in [0.1, 0.15) is 0 Å². The van der Waals surface area contributed by atoms with Crippen LogP contribution in [0.25, 0.3) is 98.7 Å². The molecular weight excluding hydrogens is 553 g/mol. The zero-order chi connectivity index (χ0) is 30.2. The van der Waals surface area contributed by atoms with E-state index in [-0.39, 0.29) is 0 Å². The molecule has 212 valence electrons. The lowest BCUT2D eigenvalue weighted by Crippen LogP contribution is -1.86. The van der Waals surface area contributed by atoms with Crippen molar-refractivity contribution in [2.75, 3.05) is 0 Å². The highest BCUT2D eigenvalue weighted by atomic mass is 14.2. The zero-order valence-corrected chi connectivity index (χ0v) is 25.2. The normalized spacial score (nSPS) is 11.9. The fraction of sp³-hybridized carbons (Fsp3) is 0. The van der Waals surface area contributed by atoms with Gasteiger partial charge >= 0.3 is 0 Å². The van der Waals surface area contributed by atoms with Gasteiger partial charge in [-0.2, -0.15) is 0 Å². The molecule has 0 aromatic heterocycles. The van der Waals surface area contributed by atoms with Crippen LogP contribution in [-0.4, -0.2) is 0 Å². The van der Waals surface area contributed by atoms with Gasteiger partial charge in [0, 0.05) is 0 Å². The molecule has 0 fully saturated rings. The lowest BCUT2D eigenvalue weighted by atomic mass is 9.91. The minimum absolute atomic E-state index is 1.23. The zero-order valence-electron chi connectivity index (χ0n) is 25.2. The molecule has 1 aliphatic rings. The molecule has 9 aromatic rings. The van der Waals surface area contributed by atoms with Crippen LogP contribution >= 0.6 is 0 Å². The molecule has 0 amide bonds. The van der Waals surface area contributed by atoms with Gasteiger partial charge in [-0.05, 0) is 123 Å². The van der Waals surface area contributed by atoms with E-state index >= 15 is 0 Å². The Morgan fingerprint density at radius 1 is 0.217 bits per heavy atom. The van der Waals surface area contributed by atoms with E-state index in [0.717, 1.165) is 0 Å². The van der Waals surface area contributed by atoms with E-state index in [1.165, 1.54) is 98.7 Å². The molecule has 0 N–H and O–H groups in total. The highest BCUT2D eigenvalue weighted by Crippen LogP contribution is 2.49. The monoisotopic (exact) mass is 580 g/mol. The van der Waals surface area contributed by atoms with Crippen LogP contribution in [0.15, 0.2) is 170 Å². The molecule has 0 radical (unpaired) electrons. The van der Waals surface area contributed by atoms with Crippen molar-refractivity contribution in [2.24, 2.45) is 0 Å². The average Bonchev–Trinajstić information content (AvgIpc) is 3.46. The van der Waals surface area contributed by atoms with E-state index < -0.39 is 0 Å². The van der Waals surface area contributed by atoms with Crippen molar-refractivity contribution in [3.63, 3.8) is 0 Å². The first-order valence-corrected chi connectivity index (χ1v) is 16.0. The Balaban J connectivity index is 1.06. The molecule has 10 rings (SSSR count). The molecular formula is C46H28. The smallest absolute Gasteiger partial charge is 0.00201 e.